The number of piperidine rings is 1. The molecule has 0 bridgehead atoms. The summed E-state index contributed by atoms with van der Waals surface area (Å²) >= 11 is 12.3. The molecule has 0 aliphatic carbocycles. The van der Waals surface area contributed by atoms with E-state index in [4.69, 9.17) is 32.4 Å². The molecule has 1 aliphatic heterocycles. The highest BCUT2D eigenvalue weighted by Crippen LogP contribution is 2.37. The molecule has 4 nitrogen and oxygen atoms in total. The normalized spacial score (nSPS) is 14.8. The fraction of sp³-hybridized carbons (Fsp3) is 0.353. The first-order chi connectivity index (χ1) is 11.1. The second-order valence-corrected chi connectivity index (χ2v) is 6.33. The number of halogens is 2. The van der Waals surface area contributed by atoms with Gasteiger partial charge in [0.25, 0.3) is 0 Å². The predicted octanol–water partition coefficient (Wildman–Crippen LogP) is 5.03. The zero-order valence-electron chi connectivity index (χ0n) is 12.8. The lowest BCUT2D eigenvalue weighted by Gasteiger charge is -2.27. The molecule has 2 aromatic rings. The second kappa shape index (κ2) is 6.85. The Morgan fingerprint density at radius 2 is 1.91 bits per heavy atom. The minimum atomic E-state index is -0.491. The molecule has 23 heavy (non-hydrogen) atoms. The molecule has 2 heterocycles. The Kier molecular flexibility index (Phi) is 4.83. The van der Waals surface area contributed by atoms with E-state index in [9.17, 15) is 4.79 Å². The number of benzene rings is 1. The van der Waals surface area contributed by atoms with Crippen molar-refractivity contribution in [2.45, 2.75) is 19.3 Å². The molecule has 0 saturated carbocycles. The van der Waals surface area contributed by atoms with Gasteiger partial charge in [-0.3, -0.25) is 0 Å². The van der Waals surface area contributed by atoms with E-state index in [-0.39, 0.29) is 5.76 Å². The summed E-state index contributed by atoms with van der Waals surface area (Å²) in [6.07, 6.45) is 3.40. The van der Waals surface area contributed by atoms with Crippen LogP contribution in [0.2, 0.25) is 10.0 Å². The van der Waals surface area contributed by atoms with Gasteiger partial charge in [0.1, 0.15) is 5.76 Å². The summed E-state index contributed by atoms with van der Waals surface area (Å²) in [5.41, 5.74) is 1.41. The lowest BCUT2D eigenvalue weighted by atomic mass is 10.1. The summed E-state index contributed by atoms with van der Waals surface area (Å²) in [4.78, 5) is 14.2. The van der Waals surface area contributed by atoms with Gasteiger partial charge in [-0.25, -0.2) is 4.79 Å². The smallest absolute Gasteiger partial charge is 0.376 e. The van der Waals surface area contributed by atoms with Crippen LogP contribution >= 0.6 is 23.2 Å². The minimum absolute atomic E-state index is 0.209. The average Bonchev–Trinajstić information content (AvgIpc) is 3.02. The van der Waals surface area contributed by atoms with Gasteiger partial charge in [0.2, 0.25) is 5.76 Å². The van der Waals surface area contributed by atoms with Crippen LogP contribution in [0.3, 0.4) is 0 Å². The Morgan fingerprint density at radius 3 is 2.61 bits per heavy atom. The SMILES string of the molecule is COC(=O)c1oc(-c2cc(Cl)ccc2Cl)cc1N1CCCCC1. The van der Waals surface area contributed by atoms with Crippen LogP contribution in [0.1, 0.15) is 29.8 Å². The van der Waals surface area contributed by atoms with Gasteiger partial charge in [-0.15, -0.1) is 0 Å². The number of hydrogen-bond acceptors (Lipinski definition) is 4. The van der Waals surface area contributed by atoms with Gasteiger partial charge in [0.15, 0.2) is 0 Å². The summed E-state index contributed by atoms with van der Waals surface area (Å²) < 4.78 is 10.6. The van der Waals surface area contributed by atoms with Crippen LogP contribution < -0.4 is 4.90 Å². The quantitative estimate of drug-likeness (QED) is 0.725. The van der Waals surface area contributed by atoms with E-state index in [1.165, 1.54) is 13.5 Å². The third-order valence-electron chi connectivity index (χ3n) is 3.97. The molecule has 1 aromatic carbocycles. The van der Waals surface area contributed by atoms with Crippen molar-refractivity contribution in [3.05, 3.63) is 40.1 Å². The van der Waals surface area contributed by atoms with Gasteiger partial charge >= 0.3 is 5.97 Å². The molecule has 3 rings (SSSR count). The van der Waals surface area contributed by atoms with Crippen molar-refractivity contribution in [2.24, 2.45) is 0 Å². The number of rotatable bonds is 3. The standard InChI is InChI=1S/C17H17Cl2NO3/c1-22-17(21)16-14(20-7-3-2-4-8-20)10-15(23-16)12-9-11(18)5-6-13(12)19/h5-6,9-10H,2-4,7-8H2,1H3. The van der Waals surface area contributed by atoms with Gasteiger partial charge in [0, 0.05) is 29.7 Å². The first-order valence-corrected chi connectivity index (χ1v) is 8.28. The van der Waals surface area contributed by atoms with E-state index in [0.29, 0.717) is 21.4 Å². The highest BCUT2D eigenvalue weighted by Gasteiger charge is 2.25. The highest BCUT2D eigenvalue weighted by atomic mass is 35.5. The number of methoxy groups -OCH3 is 1. The Labute approximate surface area is 144 Å². The number of ether oxygens (including phenoxy) is 1. The molecule has 122 valence electrons. The van der Waals surface area contributed by atoms with E-state index < -0.39 is 5.97 Å². The molecule has 0 atom stereocenters. The highest BCUT2D eigenvalue weighted by molar-refractivity contribution is 6.35. The summed E-state index contributed by atoms with van der Waals surface area (Å²) in [7, 11) is 1.34. The van der Waals surface area contributed by atoms with E-state index in [2.05, 4.69) is 4.90 Å². The predicted molar refractivity (Wildman–Crippen MR) is 91.6 cm³/mol. The number of carbonyl (C=O) groups excluding carboxylic acids is 1. The van der Waals surface area contributed by atoms with Crippen molar-refractivity contribution < 1.29 is 13.9 Å². The molecular weight excluding hydrogens is 337 g/mol. The molecule has 0 spiro atoms. The Bertz CT molecular complexity index is 721. The number of anilines is 1. The Morgan fingerprint density at radius 1 is 1.17 bits per heavy atom. The Balaban J connectivity index is 2.06. The summed E-state index contributed by atoms with van der Waals surface area (Å²) in [5, 5.41) is 1.07. The van der Waals surface area contributed by atoms with Crippen molar-refractivity contribution in [3.63, 3.8) is 0 Å². The summed E-state index contributed by atoms with van der Waals surface area (Å²) in [6, 6.07) is 6.99. The van der Waals surface area contributed by atoms with Gasteiger partial charge in [-0.05, 0) is 37.5 Å². The first kappa shape index (κ1) is 16.2. The van der Waals surface area contributed by atoms with Gasteiger partial charge in [-0.2, -0.15) is 0 Å². The van der Waals surface area contributed by atoms with Crippen LogP contribution in [0.25, 0.3) is 11.3 Å². The van der Waals surface area contributed by atoms with Crippen molar-refractivity contribution in [1.29, 1.82) is 0 Å². The number of nitrogens with zero attached hydrogens (tertiary/aromatic N) is 1. The molecule has 1 aliphatic rings. The summed E-state index contributed by atoms with van der Waals surface area (Å²) in [6.45, 7) is 1.79. The fourth-order valence-corrected chi connectivity index (χ4v) is 3.19. The van der Waals surface area contributed by atoms with Crippen molar-refractivity contribution >= 4 is 34.9 Å². The molecule has 1 saturated heterocycles. The lowest BCUT2D eigenvalue weighted by Crippen LogP contribution is -2.30. The fourth-order valence-electron chi connectivity index (χ4n) is 2.81. The molecule has 0 N–H and O–H groups in total. The molecule has 1 fully saturated rings. The van der Waals surface area contributed by atoms with Gasteiger partial charge in [-0.1, -0.05) is 23.2 Å². The topological polar surface area (TPSA) is 42.7 Å². The largest absolute Gasteiger partial charge is 0.463 e. The van der Waals surface area contributed by atoms with Crippen molar-refractivity contribution in [1.82, 2.24) is 0 Å². The molecular formula is C17H17Cl2NO3. The zero-order valence-corrected chi connectivity index (χ0v) is 14.3. The number of hydrogen-bond donors (Lipinski definition) is 0. The first-order valence-electron chi connectivity index (χ1n) is 7.52. The van der Waals surface area contributed by atoms with Crippen molar-refractivity contribution in [3.8, 4) is 11.3 Å². The minimum Gasteiger partial charge on any atom is -0.463 e. The van der Waals surface area contributed by atoms with Crippen LogP contribution in [0, 0.1) is 0 Å². The van der Waals surface area contributed by atoms with Gasteiger partial charge < -0.3 is 14.1 Å². The van der Waals surface area contributed by atoms with Crippen LogP contribution in [0.5, 0.6) is 0 Å². The molecule has 6 heteroatoms. The zero-order chi connectivity index (χ0) is 16.4. The third-order valence-corrected chi connectivity index (χ3v) is 4.54. The van der Waals surface area contributed by atoms with Gasteiger partial charge in [0.05, 0.1) is 17.8 Å². The second-order valence-electron chi connectivity index (χ2n) is 5.49. The molecule has 0 radical (unpaired) electrons. The molecule has 0 amide bonds. The van der Waals surface area contributed by atoms with E-state index in [1.807, 2.05) is 6.07 Å². The average molecular weight is 354 g/mol. The summed E-state index contributed by atoms with van der Waals surface area (Å²) in [5.74, 6) is 0.230. The maximum Gasteiger partial charge on any atom is 0.376 e. The van der Waals surface area contributed by atoms with Crippen LogP contribution in [0.4, 0.5) is 5.69 Å². The molecule has 0 unspecified atom stereocenters. The van der Waals surface area contributed by atoms with Crippen LogP contribution in [-0.2, 0) is 4.74 Å². The number of furan rings is 1. The maximum absolute atomic E-state index is 12.1. The van der Waals surface area contributed by atoms with E-state index in [0.717, 1.165) is 31.6 Å². The van der Waals surface area contributed by atoms with Crippen LogP contribution in [0.15, 0.2) is 28.7 Å². The number of esters is 1. The maximum atomic E-state index is 12.1. The number of carbonyl (C=O) groups is 1. The monoisotopic (exact) mass is 353 g/mol. The molecule has 1 aromatic heterocycles. The van der Waals surface area contributed by atoms with E-state index >= 15 is 0 Å². The Hall–Kier alpha value is -1.65. The van der Waals surface area contributed by atoms with Crippen LogP contribution in [-0.4, -0.2) is 26.2 Å². The lowest BCUT2D eigenvalue weighted by molar-refractivity contribution is 0.0567. The third kappa shape index (κ3) is 3.33. The van der Waals surface area contributed by atoms with Crippen molar-refractivity contribution in [2.75, 3.05) is 25.1 Å². The van der Waals surface area contributed by atoms with E-state index in [1.54, 1.807) is 18.2 Å².